The first-order valence-corrected chi connectivity index (χ1v) is 7.05. The molecule has 0 aromatic carbocycles. The van der Waals surface area contributed by atoms with Crippen LogP contribution in [-0.2, 0) is 0 Å². The average Bonchev–Trinajstić information content (AvgIpc) is 3.08. The Kier molecular flexibility index (Phi) is 3.25. The summed E-state index contributed by atoms with van der Waals surface area (Å²) in [5.74, 6) is 0. The van der Waals surface area contributed by atoms with Gasteiger partial charge in [0.15, 0.2) is 0 Å². The minimum absolute atomic E-state index is 0.899. The van der Waals surface area contributed by atoms with Crippen LogP contribution in [0, 0.1) is 0 Å². The zero-order valence-electron chi connectivity index (χ0n) is 9.35. The van der Waals surface area contributed by atoms with E-state index in [-0.39, 0.29) is 0 Å². The molecule has 0 aliphatic carbocycles. The molecular formula is C13H9N3S2. The Morgan fingerprint density at radius 2 is 2.11 bits per heavy atom. The van der Waals surface area contributed by atoms with Gasteiger partial charge >= 0.3 is 0 Å². The lowest BCUT2D eigenvalue weighted by atomic mass is 10.3. The van der Waals surface area contributed by atoms with Crippen LogP contribution in [0.25, 0.3) is 22.0 Å². The molecule has 5 heteroatoms. The number of hydrogen-bond acceptors (Lipinski definition) is 5. The minimum atomic E-state index is 0.899. The summed E-state index contributed by atoms with van der Waals surface area (Å²) in [6.07, 6.45) is 9.15. The first kappa shape index (κ1) is 11.3. The van der Waals surface area contributed by atoms with E-state index in [4.69, 9.17) is 0 Å². The quantitative estimate of drug-likeness (QED) is 0.726. The van der Waals surface area contributed by atoms with E-state index in [1.165, 1.54) is 4.88 Å². The Hall–Kier alpha value is -1.85. The van der Waals surface area contributed by atoms with Crippen molar-refractivity contribution in [3.8, 4) is 9.88 Å². The van der Waals surface area contributed by atoms with Crippen LogP contribution in [0.4, 0.5) is 0 Å². The van der Waals surface area contributed by atoms with Crippen molar-refractivity contribution in [2.45, 2.75) is 0 Å². The molecule has 0 spiro atoms. The van der Waals surface area contributed by atoms with E-state index < -0.39 is 0 Å². The summed E-state index contributed by atoms with van der Waals surface area (Å²) in [6, 6.07) is 6.00. The van der Waals surface area contributed by atoms with Crippen LogP contribution in [-0.4, -0.2) is 15.0 Å². The molecule has 0 aliphatic rings. The molecule has 3 nitrogen and oxygen atoms in total. The lowest BCUT2D eigenvalue weighted by molar-refractivity contribution is 1.15. The van der Waals surface area contributed by atoms with Gasteiger partial charge in [-0.05, 0) is 29.7 Å². The number of hydrogen-bond donors (Lipinski definition) is 0. The summed E-state index contributed by atoms with van der Waals surface area (Å²) in [4.78, 5) is 14.8. The highest BCUT2D eigenvalue weighted by Crippen LogP contribution is 2.29. The minimum Gasteiger partial charge on any atom is -0.245 e. The van der Waals surface area contributed by atoms with Crippen molar-refractivity contribution in [1.82, 2.24) is 15.0 Å². The molecule has 0 saturated carbocycles. The van der Waals surface area contributed by atoms with Gasteiger partial charge in [-0.25, -0.2) is 15.0 Å². The van der Waals surface area contributed by atoms with E-state index in [9.17, 15) is 0 Å². The van der Waals surface area contributed by atoms with E-state index in [0.717, 1.165) is 15.6 Å². The van der Waals surface area contributed by atoms with Crippen molar-refractivity contribution < 1.29 is 0 Å². The fourth-order valence-corrected chi connectivity index (χ4v) is 3.07. The van der Waals surface area contributed by atoms with Crippen LogP contribution < -0.4 is 0 Å². The Bertz CT molecular complexity index is 642. The maximum absolute atomic E-state index is 4.42. The zero-order valence-corrected chi connectivity index (χ0v) is 11.0. The van der Waals surface area contributed by atoms with Crippen LogP contribution in [0.5, 0.6) is 0 Å². The molecule has 3 heterocycles. The zero-order chi connectivity index (χ0) is 12.2. The van der Waals surface area contributed by atoms with E-state index in [0.29, 0.717) is 0 Å². The molecule has 0 amide bonds. The van der Waals surface area contributed by atoms with Crippen LogP contribution >= 0.6 is 22.7 Å². The van der Waals surface area contributed by atoms with Gasteiger partial charge in [-0.1, -0.05) is 6.07 Å². The van der Waals surface area contributed by atoms with Crippen molar-refractivity contribution >= 4 is 34.8 Å². The highest BCUT2D eigenvalue weighted by molar-refractivity contribution is 7.21. The van der Waals surface area contributed by atoms with E-state index in [1.54, 1.807) is 35.2 Å². The number of thiazole rings is 1. The largest absolute Gasteiger partial charge is 0.245 e. The number of aromatic nitrogens is 3. The number of nitrogens with zero attached hydrogens (tertiary/aromatic N) is 3. The third-order valence-corrected chi connectivity index (χ3v) is 4.28. The van der Waals surface area contributed by atoms with Crippen LogP contribution in [0.2, 0.25) is 0 Å². The summed E-state index contributed by atoms with van der Waals surface area (Å²) < 4.78 is 0. The number of rotatable bonds is 3. The molecule has 18 heavy (non-hydrogen) atoms. The van der Waals surface area contributed by atoms with Crippen LogP contribution in [0.3, 0.4) is 0 Å². The molecule has 0 bridgehead atoms. The van der Waals surface area contributed by atoms with E-state index in [1.807, 2.05) is 30.5 Å². The van der Waals surface area contributed by atoms with Gasteiger partial charge in [-0.15, -0.1) is 22.7 Å². The van der Waals surface area contributed by atoms with Gasteiger partial charge in [-0.3, -0.25) is 0 Å². The number of thiophene rings is 1. The van der Waals surface area contributed by atoms with Crippen molar-refractivity contribution in [1.29, 1.82) is 0 Å². The van der Waals surface area contributed by atoms with Gasteiger partial charge in [0.05, 0.1) is 10.6 Å². The molecule has 0 aliphatic heterocycles. The Labute approximate surface area is 113 Å². The van der Waals surface area contributed by atoms with Crippen molar-refractivity contribution in [2.24, 2.45) is 0 Å². The van der Waals surface area contributed by atoms with Gasteiger partial charge in [0.25, 0.3) is 0 Å². The van der Waals surface area contributed by atoms with Gasteiger partial charge in [0.1, 0.15) is 11.3 Å². The smallest absolute Gasteiger partial charge is 0.133 e. The molecule has 0 atom stereocenters. The molecule has 0 saturated heterocycles. The third kappa shape index (κ3) is 2.52. The first-order chi connectivity index (χ1) is 8.92. The second-order valence-electron chi connectivity index (χ2n) is 3.51. The van der Waals surface area contributed by atoms with Gasteiger partial charge in [-0.2, -0.15) is 0 Å². The standard InChI is InChI=1S/C13H9N3S2/c1-2-12(17-7-1)13-15-8-11(18-13)4-3-10-5-6-14-9-16-10/h1-9H/b4-3+. The summed E-state index contributed by atoms with van der Waals surface area (Å²) in [6.45, 7) is 0. The summed E-state index contributed by atoms with van der Waals surface area (Å²) in [7, 11) is 0. The topological polar surface area (TPSA) is 38.7 Å². The highest BCUT2D eigenvalue weighted by atomic mass is 32.1. The third-order valence-electron chi connectivity index (χ3n) is 2.28. The molecule has 0 N–H and O–H groups in total. The second kappa shape index (κ2) is 5.20. The van der Waals surface area contributed by atoms with E-state index in [2.05, 4.69) is 26.4 Å². The predicted octanol–water partition coefficient (Wildman–Crippen LogP) is 3.83. The van der Waals surface area contributed by atoms with Gasteiger partial charge < -0.3 is 0 Å². The van der Waals surface area contributed by atoms with Crippen LogP contribution in [0.15, 0.2) is 42.3 Å². The fourth-order valence-electron chi connectivity index (χ4n) is 1.44. The van der Waals surface area contributed by atoms with E-state index >= 15 is 0 Å². The van der Waals surface area contributed by atoms with Gasteiger partial charge in [0, 0.05) is 17.3 Å². The molecule has 3 rings (SSSR count). The Balaban J connectivity index is 1.80. The van der Waals surface area contributed by atoms with Crippen molar-refractivity contribution in [2.75, 3.05) is 0 Å². The molecule has 3 aromatic heterocycles. The van der Waals surface area contributed by atoms with Crippen LogP contribution in [0.1, 0.15) is 10.6 Å². The summed E-state index contributed by atoms with van der Waals surface area (Å²) in [5.41, 5.74) is 0.899. The maximum atomic E-state index is 4.42. The second-order valence-corrected chi connectivity index (χ2v) is 5.52. The highest BCUT2D eigenvalue weighted by Gasteiger charge is 2.03. The molecule has 0 radical (unpaired) electrons. The van der Waals surface area contributed by atoms with Crippen molar-refractivity contribution in [3.05, 3.63) is 52.9 Å². The SMILES string of the molecule is C(=C\c1cnc(-c2cccs2)s1)/c1ccncn1. The predicted molar refractivity (Wildman–Crippen MR) is 76.4 cm³/mol. The molecule has 0 fully saturated rings. The monoisotopic (exact) mass is 271 g/mol. The summed E-state index contributed by atoms with van der Waals surface area (Å²) >= 11 is 3.39. The normalized spacial score (nSPS) is 11.1. The van der Waals surface area contributed by atoms with Crippen molar-refractivity contribution in [3.63, 3.8) is 0 Å². The Morgan fingerprint density at radius 1 is 1.11 bits per heavy atom. The molecule has 88 valence electrons. The molecular weight excluding hydrogens is 262 g/mol. The van der Waals surface area contributed by atoms with Gasteiger partial charge in [0.2, 0.25) is 0 Å². The first-order valence-electron chi connectivity index (χ1n) is 5.35. The summed E-state index contributed by atoms with van der Waals surface area (Å²) in [5, 5.41) is 3.12. The fraction of sp³-hybridized carbons (Fsp3) is 0. The Morgan fingerprint density at radius 3 is 2.89 bits per heavy atom. The lowest BCUT2D eigenvalue weighted by Crippen LogP contribution is -1.79. The maximum Gasteiger partial charge on any atom is 0.133 e. The lowest BCUT2D eigenvalue weighted by Gasteiger charge is -1.88. The molecule has 3 aromatic rings. The molecule has 0 unspecified atom stereocenters. The average molecular weight is 271 g/mol.